The Labute approximate surface area is 145 Å². The molecular formula is C20H31NO3. The van der Waals surface area contributed by atoms with E-state index in [1.165, 1.54) is 30.4 Å². The van der Waals surface area contributed by atoms with Gasteiger partial charge in [-0.3, -0.25) is 4.90 Å². The van der Waals surface area contributed by atoms with Crippen LogP contribution in [0.25, 0.3) is 0 Å². The number of aryl methyl sites for hydroxylation is 1. The lowest BCUT2D eigenvalue weighted by Crippen LogP contribution is -2.46. The first kappa shape index (κ1) is 17.7. The molecule has 2 aliphatic rings. The zero-order valence-electron chi connectivity index (χ0n) is 15.0. The molecule has 1 aromatic rings. The molecule has 1 heterocycles. The molecule has 4 heteroatoms. The second-order valence-electron chi connectivity index (χ2n) is 7.25. The van der Waals surface area contributed by atoms with E-state index in [2.05, 4.69) is 30.0 Å². The Morgan fingerprint density at radius 3 is 2.79 bits per heavy atom. The van der Waals surface area contributed by atoms with Gasteiger partial charge in [0.15, 0.2) is 0 Å². The summed E-state index contributed by atoms with van der Waals surface area (Å²) < 4.78 is 11.7. The molecule has 1 aromatic carbocycles. The molecule has 0 bridgehead atoms. The number of likely N-dealkylation sites (tertiary alicyclic amines) is 1. The van der Waals surface area contributed by atoms with Gasteiger partial charge in [0.1, 0.15) is 5.75 Å². The van der Waals surface area contributed by atoms with Crippen molar-refractivity contribution in [1.29, 1.82) is 0 Å². The van der Waals surface area contributed by atoms with Gasteiger partial charge in [0, 0.05) is 19.1 Å². The molecule has 1 aliphatic carbocycles. The second kappa shape index (κ2) is 8.32. The van der Waals surface area contributed by atoms with Crippen molar-refractivity contribution in [2.45, 2.75) is 63.7 Å². The predicted molar refractivity (Wildman–Crippen MR) is 95.6 cm³/mol. The van der Waals surface area contributed by atoms with Crippen molar-refractivity contribution in [1.82, 2.24) is 4.90 Å². The van der Waals surface area contributed by atoms with E-state index in [1.807, 2.05) is 0 Å². The number of aliphatic hydroxyl groups excluding tert-OH is 1. The summed E-state index contributed by atoms with van der Waals surface area (Å²) in [6.07, 6.45) is 6.89. The number of rotatable bonds is 6. The normalized spacial score (nSPS) is 28.2. The highest BCUT2D eigenvalue weighted by Crippen LogP contribution is 2.28. The molecule has 0 aromatic heterocycles. The molecule has 4 nitrogen and oxygen atoms in total. The number of methoxy groups -OCH3 is 1. The van der Waals surface area contributed by atoms with Gasteiger partial charge in [0.2, 0.25) is 0 Å². The first-order valence-corrected chi connectivity index (χ1v) is 9.34. The van der Waals surface area contributed by atoms with Gasteiger partial charge in [-0.05, 0) is 49.8 Å². The van der Waals surface area contributed by atoms with Crippen LogP contribution in [-0.2, 0) is 11.2 Å². The average Bonchev–Trinajstić information content (AvgIpc) is 3.03. The Morgan fingerprint density at radius 1 is 1.21 bits per heavy atom. The lowest BCUT2D eigenvalue weighted by molar-refractivity contribution is -0.0316. The van der Waals surface area contributed by atoms with Crippen molar-refractivity contribution >= 4 is 0 Å². The zero-order chi connectivity index (χ0) is 16.9. The number of β-amino-alcohol motifs (C(OH)–C–C–N with tert-alkyl or cyclic N) is 1. The Morgan fingerprint density at radius 2 is 2.04 bits per heavy atom. The molecule has 3 rings (SSSR count). The minimum absolute atomic E-state index is 0.146. The van der Waals surface area contributed by atoms with Gasteiger partial charge >= 0.3 is 0 Å². The summed E-state index contributed by atoms with van der Waals surface area (Å²) in [6, 6.07) is 6.89. The largest absolute Gasteiger partial charge is 0.496 e. The summed E-state index contributed by atoms with van der Waals surface area (Å²) in [7, 11) is 1.72. The van der Waals surface area contributed by atoms with Gasteiger partial charge in [-0.25, -0.2) is 0 Å². The van der Waals surface area contributed by atoms with Crippen molar-refractivity contribution in [3.63, 3.8) is 0 Å². The maximum Gasteiger partial charge on any atom is 0.122 e. The van der Waals surface area contributed by atoms with E-state index < -0.39 is 0 Å². The fraction of sp³-hybridized carbons (Fsp3) is 0.700. The topological polar surface area (TPSA) is 41.9 Å². The minimum atomic E-state index is -0.146. The quantitative estimate of drug-likeness (QED) is 0.812. The molecule has 1 saturated carbocycles. The van der Waals surface area contributed by atoms with Crippen LogP contribution < -0.4 is 4.74 Å². The maximum atomic E-state index is 9.82. The van der Waals surface area contributed by atoms with Crippen LogP contribution >= 0.6 is 0 Å². The van der Waals surface area contributed by atoms with Crippen LogP contribution in [0, 0.1) is 6.92 Å². The molecule has 0 radical (unpaired) electrons. The lowest BCUT2D eigenvalue weighted by atomic mass is 9.91. The van der Waals surface area contributed by atoms with Gasteiger partial charge in [-0.1, -0.05) is 25.0 Å². The molecule has 0 amide bonds. The minimum Gasteiger partial charge on any atom is -0.496 e. The third-order valence-electron chi connectivity index (χ3n) is 5.53. The number of ether oxygens (including phenoxy) is 2. The van der Waals surface area contributed by atoms with Gasteiger partial charge in [0.05, 0.1) is 25.9 Å². The molecule has 1 aliphatic heterocycles. The summed E-state index contributed by atoms with van der Waals surface area (Å²) in [5.41, 5.74) is 2.43. The van der Waals surface area contributed by atoms with Gasteiger partial charge in [-0.15, -0.1) is 0 Å². The SMILES string of the molecule is Cc1ccc(CCO[C@@H]2CCCC[C@H]2N2CC[C@@H](O)C2)cc1O[13CH3]. The molecule has 1 saturated heterocycles. The van der Waals surface area contributed by atoms with Gasteiger partial charge in [0.25, 0.3) is 0 Å². The van der Waals surface area contributed by atoms with Crippen LogP contribution in [0.4, 0.5) is 0 Å². The number of hydrogen-bond acceptors (Lipinski definition) is 4. The van der Waals surface area contributed by atoms with E-state index in [0.29, 0.717) is 12.1 Å². The summed E-state index contributed by atoms with van der Waals surface area (Å²) in [6.45, 7) is 4.65. The average molecular weight is 334 g/mol. The molecule has 134 valence electrons. The van der Waals surface area contributed by atoms with E-state index in [4.69, 9.17) is 9.47 Å². The Kier molecular flexibility index (Phi) is 6.14. The molecule has 0 spiro atoms. The van der Waals surface area contributed by atoms with Crippen LogP contribution in [0.2, 0.25) is 0 Å². The van der Waals surface area contributed by atoms with Crippen molar-refractivity contribution < 1.29 is 14.6 Å². The van der Waals surface area contributed by atoms with Crippen LogP contribution in [-0.4, -0.2) is 55.1 Å². The number of hydrogen-bond donors (Lipinski definition) is 1. The molecule has 3 atom stereocenters. The Hall–Kier alpha value is -1.10. The van der Waals surface area contributed by atoms with E-state index in [9.17, 15) is 5.11 Å². The summed E-state index contributed by atoms with van der Waals surface area (Å²) in [5, 5.41) is 9.82. The first-order valence-electron chi connectivity index (χ1n) is 9.34. The lowest BCUT2D eigenvalue weighted by Gasteiger charge is -2.37. The van der Waals surface area contributed by atoms with Crippen LogP contribution in [0.5, 0.6) is 5.75 Å². The van der Waals surface area contributed by atoms with Crippen LogP contribution in [0.1, 0.15) is 43.2 Å². The highest BCUT2D eigenvalue weighted by Gasteiger charge is 2.34. The van der Waals surface area contributed by atoms with E-state index in [0.717, 1.165) is 44.7 Å². The van der Waals surface area contributed by atoms with Crippen molar-refractivity contribution in [2.75, 3.05) is 26.8 Å². The van der Waals surface area contributed by atoms with Crippen LogP contribution in [0.15, 0.2) is 18.2 Å². The van der Waals surface area contributed by atoms with Gasteiger partial charge < -0.3 is 14.6 Å². The predicted octanol–water partition coefficient (Wildman–Crippen LogP) is 2.94. The third kappa shape index (κ3) is 4.29. The van der Waals surface area contributed by atoms with Gasteiger partial charge in [-0.2, -0.15) is 0 Å². The standard InChI is InChI=1S/C20H31NO3/c1-15-7-8-16(13-20(15)23-2)10-12-24-19-6-4-3-5-18(19)21-11-9-17(22)14-21/h7-8,13,17-19,22H,3-6,9-12,14H2,1-2H3/t17-,18-,19-/m1/s1/i2+1. The summed E-state index contributed by atoms with van der Waals surface area (Å²) >= 11 is 0. The van der Waals surface area contributed by atoms with E-state index in [1.54, 1.807) is 7.11 Å². The first-order chi connectivity index (χ1) is 11.7. The molecule has 1 N–H and O–H groups in total. The highest BCUT2D eigenvalue weighted by molar-refractivity contribution is 5.36. The fourth-order valence-corrected chi connectivity index (χ4v) is 4.11. The molecule has 2 fully saturated rings. The smallest absolute Gasteiger partial charge is 0.122 e. The molecule has 24 heavy (non-hydrogen) atoms. The van der Waals surface area contributed by atoms with E-state index in [-0.39, 0.29) is 6.10 Å². The number of benzene rings is 1. The third-order valence-corrected chi connectivity index (χ3v) is 5.53. The maximum absolute atomic E-state index is 9.82. The fourth-order valence-electron chi connectivity index (χ4n) is 4.11. The zero-order valence-corrected chi connectivity index (χ0v) is 15.0. The second-order valence-corrected chi connectivity index (χ2v) is 7.25. The van der Waals surface area contributed by atoms with Crippen LogP contribution in [0.3, 0.4) is 0 Å². The Balaban J connectivity index is 1.52. The van der Waals surface area contributed by atoms with E-state index >= 15 is 0 Å². The van der Waals surface area contributed by atoms with Crippen molar-refractivity contribution in [3.8, 4) is 5.75 Å². The number of nitrogens with zero attached hydrogens (tertiary/aromatic N) is 1. The van der Waals surface area contributed by atoms with Crippen molar-refractivity contribution in [2.24, 2.45) is 0 Å². The van der Waals surface area contributed by atoms with Crippen molar-refractivity contribution in [3.05, 3.63) is 29.3 Å². The monoisotopic (exact) mass is 334 g/mol. The molecule has 0 unspecified atom stereocenters. The summed E-state index contributed by atoms with van der Waals surface area (Å²) in [5.74, 6) is 0.953. The summed E-state index contributed by atoms with van der Waals surface area (Å²) in [4.78, 5) is 2.45. The molecular weight excluding hydrogens is 303 g/mol. The number of aliphatic hydroxyl groups is 1. The highest BCUT2D eigenvalue weighted by atomic mass is 16.5. The Bertz CT molecular complexity index is 534.